The molecule has 0 aromatic heterocycles. The first kappa shape index (κ1) is 44.2. The minimum absolute atomic E-state index is 0.00721. The van der Waals surface area contributed by atoms with Gasteiger partial charge in [-0.25, -0.2) is 4.99 Å². The monoisotopic (exact) mass is 846 g/mol. The second kappa shape index (κ2) is 18.8. The van der Waals surface area contributed by atoms with E-state index in [1.165, 1.54) is 23.8 Å². The minimum Gasteiger partial charge on any atom is -0.483 e. The van der Waals surface area contributed by atoms with Crippen LogP contribution < -0.4 is 25.3 Å². The molecule has 0 spiro atoms. The molecule has 1 aliphatic rings. The lowest BCUT2D eigenvalue weighted by molar-refractivity contribution is -0.118. The van der Waals surface area contributed by atoms with Crippen molar-refractivity contribution in [3.63, 3.8) is 0 Å². The van der Waals surface area contributed by atoms with E-state index in [1.54, 1.807) is 30.3 Å². The van der Waals surface area contributed by atoms with E-state index < -0.39 is 17.7 Å². The molecule has 4 aromatic carbocycles. The highest BCUT2D eigenvalue weighted by molar-refractivity contribution is 6.72. The molecule has 14 heteroatoms. The molecular formula is C44H49Cl3N6O5. The van der Waals surface area contributed by atoms with Gasteiger partial charge in [-0.05, 0) is 96.8 Å². The number of rotatable bonds is 15. The van der Waals surface area contributed by atoms with Gasteiger partial charge in [-0.1, -0.05) is 94.5 Å². The van der Waals surface area contributed by atoms with Crippen molar-refractivity contribution in [2.45, 2.75) is 72.1 Å². The lowest BCUT2D eigenvalue weighted by Gasteiger charge is -2.30. The van der Waals surface area contributed by atoms with Crippen LogP contribution in [0.2, 0.25) is 15.1 Å². The Balaban J connectivity index is 1.37. The molecule has 306 valence electrons. The van der Waals surface area contributed by atoms with Crippen LogP contribution in [-0.2, 0) is 20.4 Å². The predicted octanol–water partition coefficient (Wildman–Crippen LogP) is 9.72. The molecule has 0 atom stereocenters. The van der Waals surface area contributed by atoms with Gasteiger partial charge >= 0.3 is 5.91 Å². The Bertz CT molecular complexity index is 2220. The summed E-state index contributed by atoms with van der Waals surface area (Å²) in [6.07, 6.45) is 1.86. The SMILES string of the molecule is CCN(CCO)c1ccc(N=C2C(=O)N(c3c(Cl)cc(Cl)cc3Cl)N=C2NC(=O)c2cccc(NC(=O)COc3ccc(C(C)(C)CC)cc3C(C)(C)CC)c2)cc1. The topological polar surface area (TPSA) is 136 Å². The zero-order chi connectivity index (χ0) is 42.4. The molecule has 3 N–H and O–H groups in total. The summed E-state index contributed by atoms with van der Waals surface area (Å²) >= 11 is 19.1. The predicted molar refractivity (Wildman–Crippen MR) is 236 cm³/mol. The molecule has 58 heavy (non-hydrogen) atoms. The van der Waals surface area contributed by atoms with Gasteiger partial charge in [0.15, 0.2) is 18.2 Å². The highest BCUT2D eigenvalue weighted by Crippen LogP contribution is 2.40. The molecule has 4 aromatic rings. The van der Waals surface area contributed by atoms with E-state index in [2.05, 4.69) is 74.4 Å². The molecule has 0 unspecified atom stereocenters. The maximum atomic E-state index is 13.9. The van der Waals surface area contributed by atoms with Crippen molar-refractivity contribution in [2.75, 3.05) is 41.5 Å². The zero-order valence-electron chi connectivity index (χ0n) is 33.8. The minimum atomic E-state index is -0.698. The first-order chi connectivity index (χ1) is 27.5. The van der Waals surface area contributed by atoms with E-state index >= 15 is 0 Å². The normalized spacial score (nSPS) is 13.8. The van der Waals surface area contributed by atoms with Gasteiger partial charge in [0.05, 0.1) is 22.3 Å². The molecular weight excluding hydrogens is 799 g/mol. The van der Waals surface area contributed by atoms with Gasteiger partial charge in [-0.3, -0.25) is 14.4 Å². The number of carbonyl (C=O) groups is 3. The van der Waals surface area contributed by atoms with Gasteiger partial charge in [-0.2, -0.15) is 5.01 Å². The average molecular weight is 848 g/mol. The number of carbonyl (C=O) groups excluding carboxylic acids is 3. The Morgan fingerprint density at radius 1 is 0.879 bits per heavy atom. The van der Waals surface area contributed by atoms with Crippen molar-refractivity contribution in [2.24, 2.45) is 10.1 Å². The van der Waals surface area contributed by atoms with E-state index in [0.29, 0.717) is 30.2 Å². The molecule has 0 saturated carbocycles. The van der Waals surface area contributed by atoms with Crippen LogP contribution in [0.3, 0.4) is 0 Å². The van der Waals surface area contributed by atoms with Gasteiger partial charge < -0.3 is 25.4 Å². The van der Waals surface area contributed by atoms with Gasteiger partial charge in [0, 0.05) is 40.6 Å². The number of nitrogens with zero attached hydrogens (tertiary/aromatic N) is 4. The highest BCUT2D eigenvalue weighted by atomic mass is 35.5. The molecule has 5 rings (SSSR count). The molecule has 0 saturated heterocycles. The van der Waals surface area contributed by atoms with Crippen LogP contribution in [0.15, 0.2) is 89.0 Å². The fourth-order valence-corrected chi connectivity index (χ4v) is 7.16. The molecule has 3 amide bonds. The maximum Gasteiger partial charge on any atom is 0.301 e. The first-order valence-corrected chi connectivity index (χ1v) is 20.3. The standard InChI is InChI=1S/C44H49Cl3N6O5/c1-8-43(4,5)28-14-19-36(33(23-28)44(6,7)9-2)58-26-37(55)48-31-13-11-12-27(22-31)41(56)50-40-38(49-30-15-17-32(18-16-30)52(10-3)20-21-54)42(57)53(51-40)39-34(46)24-29(45)25-35(39)47/h11-19,22-25,54H,8-10,20-21,26H2,1-7H3,(H,48,55)(H,50,51,56). The zero-order valence-corrected chi connectivity index (χ0v) is 36.0. The Labute approximate surface area is 355 Å². The van der Waals surface area contributed by atoms with E-state index in [1.807, 2.05) is 30.0 Å². The number of hydrazone groups is 1. The number of aliphatic hydroxyl groups excluding tert-OH is 1. The van der Waals surface area contributed by atoms with Crippen molar-refractivity contribution in [1.29, 1.82) is 0 Å². The summed E-state index contributed by atoms with van der Waals surface area (Å²) in [6.45, 7) is 15.9. The van der Waals surface area contributed by atoms with Gasteiger partial charge in [-0.15, -0.1) is 5.10 Å². The van der Waals surface area contributed by atoms with Crippen LogP contribution in [0, 0.1) is 0 Å². The molecule has 0 aliphatic carbocycles. The van der Waals surface area contributed by atoms with E-state index in [0.717, 1.165) is 29.1 Å². The third-order valence-electron chi connectivity index (χ3n) is 10.5. The van der Waals surface area contributed by atoms with Crippen LogP contribution in [0.4, 0.5) is 22.7 Å². The Kier molecular flexibility index (Phi) is 14.3. The first-order valence-electron chi connectivity index (χ1n) is 19.1. The van der Waals surface area contributed by atoms with Crippen LogP contribution in [0.1, 0.15) is 82.8 Å². The van der Waals surface area contributed by atoms with Crippen molar-refractivity contribution in [1.82, 2.24) is 5.32 Å². The fraction of sp³-hybridized carbons (Fsp3) is 0.341. The number of anilines is 3. The lowest BCUT2D eigenvalue weighted by atomic mass is 9.76. The summed E-state index contributed by atoms with van der Waals surface area (Å²) in [7, 11) is 0. The van der Waals surface area contributed by atoms with Crippen molar-refractivity contribution in [3.05, 3.63) is 111 Å². The van der Waals surface area contributed by atoms with Gasteiger partial charge in [0.25, 0.3) is 11.8 Å². The van der Waals surface area contributed by atoms with Gasteiger partial charge in [0.2, 0.25) is 0 Å². The van der Waals surface area contributed by atoms with Gasteiger partial charge in [0.1, 0.15) is 11.4 Å². The summed E-state index contributed by atoms with van der Waals surface area (Å²) in [5.74, 6) is -1.24. The quantitative estimate of drug-likeness (QED) is 0.109. The second-order valence-corrected chi connectivity index (χ2v) is 16.4. The molecule has 0 bridgehead atoms. The van der Waals surface area contributed by atoms with Crippen molar-refractivity contribution in [3.8, 4) is 5.75 Å². The van der Waals surface area contributed by atoms with Crippen molar-refractivity contribution < 1.29 is 24.2 Å². The summed E-state index contributed by atoms with van der Waals surface area (Å²) in [4.78, 5) is 47.4. The van der Waals surface area contributed by atoms with Crippen LogP contribution >= 0.6 is 34.8 Å². The number of aliphatic hydroxyl groups is 1. The number of likely N-dealkylation sites (N-methyl/N-ethyl adjacent to an activating group) is 1. The Morgan fingerprint density at radius 3 is 2.17 bits per heavy atom. The number of nitrogens with one attached hydrogen (secondary N) is 2. The number of amidine groups is 1. The highest BCUT2D eigenvalue weighted by Gasteiger charge is 2.37. The lowest BCUT2D eigenvalue weighted by Crippen LogP contribution is -2.37. The van der Waals surface area contributed by atoms with E-state index in [-0.39, 0.29) is 61.9 Å². The third-order valence-corrected chi connectivity index (χ3v) is 11.3. The number of ether oxygens (including phenoxy) is 1. The molecule has 0 radical (unpaired) electrons. The van der Waals surface area contributed by atoms with Crippen LogP contribution in [-0.4, -0.2) is 60.7 Å². The smallest absolute Gasteiger partial charge is 0.301 e. The number of halogens is 3. The third kappa shape index (κ3) is 10.2. The fourth-order valence-electron chi connectivity index (χ4n) is 6.18. The van der Waals surface area contributed by atoms with Crippen molar-refractivity contribution >= 4 is 86.8 Å². The second-order valence-electron chi connectivity index (χ2n) is 15.1. The number of hydrogen-bond acceptors (Lipinski definition) is 8. The summed E-state index contributed by atoms with van der Waals surface area (Å²) in [5, 5.41) is 20.7. The number of aliphatic imine (C=N–C) groups is 1. The number of benzene rings is 4. The average Bonchev–Trinajstić information content (AvgIpc) is 3.48. The molecule has 0 fully saturated rings. The molecule has 11 nitrogen and oxygen atoms in total. The van der Waals surface area contributed by atoms with E-state index in [9.17, 15) is 19.5 Å². The number of hydrogen-bond donors (Lipinski definition) is 3. The summed E-state index contributed by atoms with van der Waals surface area (Å²) in [6, 6.07) is 22.4. The largest absolute Gasteiger partial charge is 0.483 e. The number of amides is 3. The van der Waals surface area contributed by atoms with E-state index in [4.69, 9.17) is 39.5 Å². The van der Waals surface area contributed by atoms with Crippen LogP contribution in [0.5, 0.6) is 5.75 Å². The molecule has 1 aliphatic heterocycles. The maximum absolute atomic E-state index is 13.9. The molecule has 1 heterocycles. The Hall–Kier alpha value is -4.94. The summed E-state index contributed by atoms with van der Waals surface area (Å²) in [5.41, 5.74) is 3.73. The Morgan fingerprint density at radius 2 is 1.55 bits per heavy atom. The summed E-state index contributed by atoms with van der Waals surface area (Å²) < 4.78 is 6.11. The van der Waals surface area contributed by atoms with Crippen LogP contribution in [0.25, 0.3) is 0 Å².